The number of primary amides is 1. The second-order valence-corrected chi connectivity index (χ2v) is 11.9. The topological polar surface area (TPSA) is 120 Å². The van der Waals surface area contributed by atoms with Crippen molar-refractivity contribution in [1.82, 2.24) is 20.2 Å². The molecular weight excluding hydrogens is 518 g/mol. The minimum absolute atomic E-state index is 0.163. The van der Waals surface area contributed by atoms with Crippen LogP contribution in [0.4, 0.5) is 0 Å². The van der Waals surface area contributed by atoms with Gasteiger partial charge in [-0.3, -0.25) is 9.59 Å². The summed E-state index contributed by atoms with van der Waals surface area (Å²) >= 11 is 0. The number of fused-ring (bicyclic) bond motifs is 1. The largest absolute Gasteiger partial charge is 0.494 e. The summed E-state index contributed by atoms with van der Waals surface area (Å²) in [7, 11) is 1.73. The molecule has 1 saturated carbocycles. The van der Waals surface area contributed by atoms with Crippen LogP contribution in [-0.2, 0) is 16.0 Å². The first-order valence-corrected chi connectivity index (χ1v) is 15.6. The Morgan fingerprint density at radius 3 is 2.61 bits per heavy atom. The van der Waals surface area contributed by atoms with Crippen molar-refractivity contribution < 1.29 is 19.1 Å². The number of amides is 2. The average Bonchev–Trinajstić information content (AvgIpc) is 3.54. The number of nitrogens with two attached hydrogens (primary N) is 1. The molecule has 9 heteroatoms. The Bertz CT molecular complexity index is 1190. The van der Waals surface area contributed by atoms with E-state index in [4.69, 9.17) is 25.2 Å². The molecule has 4 rings (SSSR count). The van der Waals surface area contributed by atoms with E-state index in [-0.39, 0.29) is 18.4 Å². The van der Waals surface area contributed by atoms with Crippen LogP contribution in [0.25, 0.3) is 11.0 Å². The Morgan fingerprint density at radius 2 is 1.95 bits per heavy atom. The molecule has 1 aliphatic heterocycles. The van der Waals surface area contributed by atoms with Crippen molar-refractivity contribution in [2.75, 3.05) is 20.2 Å². The minimum Gasteiger partial charge on any atom is -0.494 e. The Kier molecular flexibility index (Phi) is 10.8. The summed E-state index contributed by atoms with van der Waals surface area (Å²) in [5.74, 6) is 2.01. The summed E-state index contributed by atoms with van der Waals surface area (Å²) < 4.78 is 12.3. The zero-order chi connectivity index (χ0) is 29.5. The fraction of sp³-hybridized carbons (Fsp3) is 0.688. The smallest absolute Gasteiger partial charge is 0.240 e. The number of nitrogens with zero attached hydrogens (tertiary/aromatic N) is 3. The molecule has 1 aromatic carbocycles. The predicted octanol–water partition coefficient (Wildman–Crippen LogP) is 4.65. The number of unbranched alkanes of at least 4 members (excludes halogenated alkanes) is 2. The molecule has 2 aromatic rings. The van der Waals surface area contributed by atoms with Crippen molar-refractivity contribution in [3.63, 3.8) is 0 Å². The van der Waals surface area contributed by atoms with Gasteiger partial charge in [-0.15, -0.1) is 0 Å². The lowest BCUT2D eigenvalue weighted by Gasteiger charge is -2.27. The molecule has 1 aromatic heterocycles. The molecule has 2 amide bonds. The van der Waals surface area contributed by atoms with Gasteiger partial charge in [0.2, 0.25) is 17.7 Å². The number of carbonyl (C=O) groups is 2. The van der Waals surface area contributed by atoms with Crippen molar-refractivity contribution in [3.05, 3.63) is 23.9 Å². The van der Waals surface area contributed by atoms with E-state index in [1.807, 2.05) is 32.0 Å². The van der Waals surface area contributed by atoms with Gasteiger partial charge in [-0.25, -0.2) is 9.97 Å². The highest BCUT2D eigenvalue weighted by Crippen LogP contribution is 2.36. The van der Waals surface area contributed by atoms with Crippen LogP contribution >= 0.6 is 0 Å². The Balaban J connectivity index is 1.56. The standard InChI is InChI=1S/C32H49N5O4/c1-6-24-28(19-37(29(24)30(33)38)32(39)21(4)34-5)41-31-26(15-10-8-9-13-22-14-11-12-20(22)3)35-25-17-16-23(40-7-2)18-27(25)36-31/h16-18,20-22,24,28-29,34H,6-15,19H2,1-5H3,(H2,33,38)/t20?,21-,22+,24+,28-,29-/m0/s1. The summed E-state index contributed by atoms with van der Waals surface area (Å²) in [6.07, 6.45) is 9.77. The maximum Gasteiger partial charge on any atom is 0.240 e. The molecule has 226 valence electrons. The number of carbonyl (C=O) groups excluding carboxylic acids is 2. The van der Waals surface area contributed by atoms with Crippen LogP contribution in [0.5, 0.6) is 11.6 Å². The van der Waals surface area contributed by atoms with E-state index in [9.17, 15) is 9.59 Å². The van der Waals surface area contributed by atoms with Gasteiger partial charge in [0.25, 0.3) is 0 Å². The summed E-state index contributed by atoms with van der Waals surface area (Å²) in [6, 6.07) is 4.57. The predicted molar refractivity (Wildman–Crippen MR) is 161 cm³/mol. The van der Waals surface area contributed by atoms with Crippen LogP contribution < -0.4 is 20.5 Å². The number of rotatable bonds is 14. The third kappa shape index (κ3) is 7.29. The molecule has 0 bridgehead atoms. The Hall–Kier alpha value is -2.94. The fourth-order valence-corrected chi connectivity index (χ4v) is 6.69. The maximum atomic E-state index is 13.2. The highest BCUT2D eigenvalue weighted by molar-refractivity contribution is 5.90. The van der Waals surface area contributed by atoms with Crippen LogP contribution in [0.1, 0.15) is 84.8 Å². The highest BCUT2D eigenvalue weighted by atomic mass is 16.5. The molecule has 0 spiro atoms. The van der Waals surface area contributed by atoms with Gasteiger partial charge in [0, 0.05) is 12.0 Å². The van der Waals surface area contributed by atoms with Crippen LogP contribution in [0.3, 0.4) is 0 Å². The van der Waals surface area contributed by atoms with Gasteiger partial charge in [-0.2, -0.15) is 0 Å². The molecule has 3 N–H and O–H groups in total. The van der Waals surface area contributed by atoms with Crippen molar-refractivity contribution >= 4 is 22.8 Å². The quantitative estimate of drug-likeness (QED) is 0.319. The van der Waals surface area contributed by atoms with Gasteiger partial charge in [0.05, 0.1) is 30.2 Å². The first-order valence-electron chi connectivity index (χ1n) is 15.6. The number of hydrogen-bond donors (Lipinski definition) is 2. The van der Waals surface area contributed by atoms with Gasteiger partial charge in [0.1, 0.15) is 23.6 Å². The molecule has 6 atom stereocenters. The van der Waals surface area contributed by atoms with Crippen molar-refractivity contribution in [2.45, 2.75) is 104 Å². The SMILES string of the molecule is CCOc1ccc2nc(CCCCC[C@@H]3CCCC3C)c(O[C@H]3CN(C(=O)[C@H](C)NC)[C@H](C(N)=O)[C@@H]3CC)nc2c1. The molecule has 2 heterocycles. The molecular formula is C32H49N5O4. The second kappa shape index (κ2) is 14.3. The molecule has 2 fully saturated rings. The van der Waals surface area contributed by atoms with Gasteiger partial charge in [-0.1, -0.05) is 52.4 Å². The number of ether oxygens (including phenoxy) is 2. The normalized spacial score (nSPS) is 25.0. The molecule has 1 aliphatic carbocycles. The Morgan fingerprint density at radius 1 is 1.15 bits per heavy atom. The summed E-state index contributed by atoms with van der Waals surface area (Å²) in [5.41, 5.74) is 8.14. The monoisotopic (exact) mass is 567 g/mol. The van der Waals surface area contributed by atoms with Crippen molar-refractivity contribution in [1.29, 1.82) is 0 Å². The number of aromatic nitrogens is 2. The van der Waals surface area contributed by atoms with Crippen molar-refractivity contribution in [3.8, 4) is 11.6 Å². The van der Waals surface area contributed by atoms with E-state index in [0.29, 0.717) is 24.4 Å². The lowest BCUT2D eigenvalue weighted by Crippen LogP contribution is -2.51. The zero-order valence-corrected chi connectivity index (χ0v) is 25.5. The number of nitrogens with one attached hydrogen (secondary N) is 1. The van der Waals surface area contributed by atoms with Gasteiger partial charge in [0.15, 0.2) is 0 Å². The molecule has 0 radical (unpaired) electrons. The van der Waals surface area contributed by atoms with E-state index >= 15 is 0 Å². The summed E-state index contributed by atoms with van der Waals surface area (Å²) in [6.45, 7) is 8.96. The lowest BCUT2D eigenvalue weighted by atomic mass is 9.92. The summed E-state index contributed by atoms with van der Waals surface area (Å²) in [4.78, 5) is 37.2. The third-order valence-corrected chi connectivity index (χ3v) is 9.22. The Labute approximate surface area is 244 Å². The zero-order valence-electron chi connectivity index (χ0n) is 25.5. The molecule has 41 heavy (non-hydrogen) atoms. The number of benzene rings is 1. The summed E-state index contributed by atoms with van der Waals surface area (Å²) in [5, 5.41) is 2.98. The number of hydrogen-bond acceptors (Lipinski definition) is 7. The maximum absolute atomic E-state index is 13.2. The molecule has 1 unspecified atom stereocenters. The van der Waals surface area contributed by atoms with Gasteiger partial charge < -0.3 is 25.4 Å². The van der Waals surface area contributed by atoms with Crippen LogP contribution in [0.2, 0.25) is 0 Å². The average molecular weight is 568 g/mol. The van der Waals surface area contributed by atoms with Crippen molar-refractivity contribution in [2.24, 2.45) is 23.5 Å². The van der Waals surface area contributed by atoms with Crippen LogP contribution in [0.15, 0.2) is 18.2 Å². The van der Waals surface area contributed by atoms with E-state index < -0.39 is 24.1 Å². The van der Waals surface area contributed by atoms with Gasteiger partial charge in [-0.05, 0) is 64.1 Å². The van der Waals surface area contributed by atoms with E-state index in [2.05, 4.69) is 12.2 Å². The molecule has 2 aliphatic rings. The van der Waals surface area contributed by atoms with E-state index in [1.54, 1.807) is 18.9 Å². The second-order valence-electron chi connectivity index (χ2n) is 11.9. The number of likely N-dealkylation sites (N-methyl/N-ethyl adjacent to an activating group) is 1. The molecule has 9 nitrogen and oxygen atoms in total. The molecule has 1 saturated heterocycles. The number of aryl methyl sites for hydroxylation is 1. The number of likely N-dealkylation sites (tertiary alicyclic amines) is 1. The van der Waals surface area contributed by atoms with Gasteiger partial charge >= 0.3 is 0 Å². The lowest BCUT2D eigenvalue weighted by molar-refractivity contribution is -0.139. The van der Waals surface area contributed by atoms with Crippen LogP contribution in [-0.4, -0.2) is 65.1 Å². The van der Waals surface area contributed by atoms with E-state index in [1.165, 1.54) is 32.1 Å². The first kappa shape index (κ1) is 31.0. The third-order valence-electron chi connectivity index (χ3n) is 9.22. The van der Waals surface area contributed by atoms with E-state index in [0.717, 1.165) is 48.1 Å². The fourth-order valence-electron chi connectivity index (χ4n) is 6.69. The highest BCUT2D eigenvalue weighted by Gasteiger charge is 2.48. The first-order chi connectivity index (χ1) is 19.8. The van der Waals surface area contributed by atoms with Crippen LogP contribution in [0, 0.1) is 17.8 Å². The minimum atomic E-state index is -0.729.